The number of aryl methyl sites for hydroxylation is 1. The number of nitrogens with one attached hydrogen (secondary N) is 1. The van der Waals surface area contributed by atoms with Crippen LogP contribution in [-0.4, -0.2) is 36.5 Å². The monoisotopic (exact) mass is 309 g/mol. The van der Waals surface area contributed by atoms with Crippen molar-refractivity contribution in [1.29, 1.82) is 0 Å². The van der Waals surface area contributed by atoms with Gasteiger partial charge >= 0.3 is 0 Å². The van der Waals surface area contributed by atoms with Gasteiger partial charge in [0.05, 0.1) is 6.54 Å². The summed E-state index contributed by atoms with van der Waals surface area (Å²) >= 11 is 6.07. The Morgan fingerprint density at radius 3 is 3.00 bits per heavy atom. The highest BCUT2D eigenvalue weighted by Crippen LogP contribution is 2.21. The van der Waals surface area contributed by atoms with E-state index < -0.39 is 0 Å². The summed E-state index contributed by atoms with van der Waals surface area (Å²) in [5, 5.41) is 3.57. The highest BCUT2D eigenvalue weighted by molar-refractivity contribution is 6.31. The first-order valence-corrected chi connectivity index (χ1v) is 7.87. The van der Waals surface area contributed by atoms with E-state index >= 15 is 0 Å². The van der Waals surface area contributed by atoms with Crippen LogP contribution in [0, 0.1) is 12.8 Å². The Bertz CT molecular complexity index is 504. The largest absolute Gasteiger partial charge is 0.328 e. The van der Waals surface area contributed by atoms with Gasteiger partial charge in [0, 0.05) is 23.3 Å². The van der Waals surface area contributed by atoms with E-state index in [0.29, 0.717) is 17.5 Å². The third-order valence-electron chi connectivity index (χ3n) is 4.11. The first kappa shape index (κ1) is 16.3. The van der Waals surface area contributed by atoms with Crippen molar-refractivity contribution in [3.8, 4) is 0 Å². The zero-order chi connectivity index (χ0) is 15.4. The number of nitrogens with zero attached hydrogens (tertiary/aromatic N) is 1. The lowest BCUT2D eigenvalue weighted by molar-refractivity contribution is -0.117. The third-order valence-corrected chi connectivity index (χ3v) is 4.52. The molecule has 0 spiro atoms. The maximum atomic E-state index is 12.1. The minimum absolute atomic E-state index is 0.000226. The Hall–Kier alpha value is -1.10. The molecular formula is C16H24ClN3O. The van der Waals surface area contributed by atoms with Gasteiger partial charge in [0.15, 0.2) is 0 Å². The Morgan fingerprint density at radius 1 is 1.57 bits per heavy atom. The minimum atomic E-state index is 0.000226. The average Bonchev–Trinajstić information content (AvgIpc) is 2.43. The van der Waals surface area contributed by atoms with E-state index in [1.54, 1.807) is 6.07 Å². The molecule has 0 aliphatic carbocycles. The lowest BCUT2D eigenvalue weighted by Crippen LogP contribution is -2.45. The van der Waals surface area contributed by atoms with Crippen molar-refractivity contribution in [3.05, 3.63) is 28.8 Å². The Balaban J connectivity index is 1.87. The summed E-state index contributed by atoms with van der Waals surface area (Å²) in [6.45, 7) is 6.26. The molecule has 5 heteroatoms. The van der Waals surface area contributed by atoms with E-state index in [1.165, 1.54) is 0 Å². The number of halogens is 1. The van der Waals surface area contributed by atoms with Crippen molar-refractivity contribution in [2.45, 2.75) is 32.7 Å². The number of benzene rings is 1. The number of nitrogens with two attached hydrogens (primary N) is 1. The summed E-state index contributed by atoms with van der Waals surface area (Å²) in [6, 6.07) is 5.76. The van der Waals surface area contributed by atoms with E-state index in [2.05, 4.69) is 10.2 Å². The van der Waals surface area contributed by atoms with E-state index in [4.69, 9.17) is 17.3 Å². The van der Waals surface area contributed by atoms with Gasteiger partial charge in [-0.2, -0.15) is 0 Å². The Kier molecular flexibility index (Phi) is 5.62. The van der Waals surface area contributed by atoms with Gasteiger partial charge in [-0.25, -0.2) is 0 Å². The molecule has 0 aromatic heterocycles. The van der Waals surface area contributed by atoms with Crippen LogP contribution in [0.4, 0.5) is 5.69 Å². The standard InChI is InChI=1S/C16H24ClN3O/c1-11-5-6-14(8-15(11)17)19-16(21)10-20-7-3-4-13(9-20)12(2)18/h5-6,8,12-13H,3-4,7,9-10,18H2,1-2H3,(H,19,21). The number of rotatable bonds is 4. The maximum absolute atomic E-state index is 12.1. The van der Waals surface area contributed by atoms with Crippen LogP contribution < -0.4 is 11.1 Å². The summed E-state index contributed by atoms with van der Waals surface area (Å²) in [5.41, 5.74) is 7.72. The second-order valence-corrected chi connectivity index (χ2v) is 6.42. The second-order valence-electron chi connectivity index (χ2n) is 6.01. The normalized spacial score (nSPS) is 21.0. The van der Waals surface area contributed by atoms with Crippen molar-refractivity contribution in [2.24, 2.45) is 11.7 Å². The average molecular weight is 310 g/mol. The van der Waals surface area contributed by atoms with Gasteiger partial charge in [-0.15, -0.1) is 0 Å². The number of hydrogen-bond acceptors (Lipinski definition) is 3. The number of anilines is 1. The molecule has 1 aliphatic heterocycles. The highest BCUT2D eigenvalue weighted by Gasteiger charge is 2.23. The first-order valence-electron chi connectivity index (χ1n) is 7.49. The first-order chi connectivity index (χ1) is 9.95. The predicted molar refractivity (Wildman–Crippen MR) is 87.6 cm³/mol. The summed E-state index contributed by atoms with van der Waals surface area (Å²) in [6.07, 6.45) is 2.26. The number of likely N-dealkylation sites (tertiary alicyclic amines) is 1. The fourth-order valence-electron chi connectivity index (χ4n) is 2.74. The molecule has 21 heavy (non-hydrogen) atoms. The molecule has 1 saturated heterocycles. The van der Waals surface area contributed by atoms with Crippen LogP contribution in [0.2, 0.25) is 5.02 Å². The SMILES string of the molecule is Cc1ccc(NC(=O)CN2CCCC(C(C)N)C2)cc1Cl. The van der Waals surface area contributed by atoms with Crippen LogP contribution >= 0.6 is 11.6 Å². The minimum Gasteiger partial charge on any atom is -0.328 e. The third kappa shape index (κ3) is 4.70. The molecule has 1 aromatic rings. The Morgan fingerprint density at radius 2 is 2.33 bits per heavy atom. The summed E-state index contributed by atoms with van der Waals surface area (Å²) < 4.78 is 0. The van der Waals surface area contributed by atoms with Crippen LogP contribution in [0.1, 0.15) is 25.3 Å². The number of hydrogen-bond donors (Lipinski definition) is 2. The molecule has 1 aromatic carbocycles. The van der Waals surface area contributed by atoms with Crippen LogP contribution in [0.5, 0.6) is 0 Å². The molecule has 2 unspecified atom stereocenters. The number of amides is 1. The van der Waals surface area contributed by atoms with Crippen LogP contribution in [0.15, 0.2) is 18.2 Å². The molecule has 0 saturated carbocycles. The van der Waals surface area contributed by atoms with Crippen molar-refractivity contribution in [1.82, 2.24) is 4.90 Å². The van der Waals surface area contributed by atoms with E-state index in [1.807, 2.05) is 26.0 Å². The zero-order valence-electron chi connectivity index (χ0n) is 12.7. The smallest absolute Gasteiger partial charge is 0.238 e. The molecule has 2 atom stereocenters. The van der Waals surface area contributed by atoms with Gasteiger partial charge < -0.3 is 11.1 Å². The quantitative estimate of drug-likeness (QED) is 0.899. The number of piperidine rings is 1. The predicted octanol–water partition coefficient (Wildman–Crippen LogP) is 2.65. The molecule has 2 rings (SSSR count). The maximum Gasteiger partial charge on any atom is 0.238 e. The van der Waals surface area contributed by atoms with Crippen molar-refractivity contribution in [3.63, 3.8) is 0 Å². The van der Waals surface area contributed by atoms with Gasteiger partial charge in [0.25, 0.3) is 0 Å². The van der Waals surface area contributed by atoms with Gasteiger partial charge in [0.2, 0.25) is 5.91 Å². The topological polar surface area (TPSA) is 58.4 Å². The fourth-order valence-corrected chi connectivity index (χ4v) is 2.92. The molecule has 1 heterocycles. The highest BCUT2D eigenvalue weighted by atomic mass is 35.5. The molecular weight excluding hydrogens is 286 g/mol. The molecule has 1 amide bonds. The van der Waals surface area contributed by atoms with Crippen molar-refractivity contribution in [2.75, 3.05) is 25.0 Å². The molecule has 0 radical (unpaired) electrons. The van der Waals surface area contributed by atoms with E-state index in [-0.39, 0.29) is 11.9 Å². The number of carbonyl (C=O) groups is 1. The molecule has 1 aliphatic rings. The van der Waals surface area contributed by atoms with Gasteiger partial charge in [-0.05, 0) is 56.8 Å². The summed E-state index contributed by atoms with van der Waals surface area (Å²) in [7, 11) is 0. The lowest BCUT2D eigenvalue weighted by atomic mass is 9.92. The molecule has 4 nitrogen and oxygen atoms in total. The van der Waals surface area contributed by atoms with Gasteiger partial charge in [0.1, 0.15) is 0 Å². The molecule has 3 N–H and O–H groups in total. The number of carbonyl (C=O) groups excluding carboxylic acids is 1. The van der Waals surface area contributed by atoms with Crippen LogP contribution in [0.25, 0.3) is 0 Å². The lowest BCUT2D eigenvalue weighted by Gasteiger charge is -2.34. The van der Waals surface area contributed by atoms with Gasteiger partial charge in [-0.3, -0.25) is 9.69 Å². The van der Waals surface area contributed by atoms with E-state index in [0.717, 1.165) is 37.2 Å². The molecule has 0 bridgehead atoms. The summed E-state index contributed by atoms with van der Waals surface area (Å²) in [5.74, 6) is 0.487. The van der Waals surface area contributed by atoms with Gasteiger partial charge in [-0.1, -0.05) is 17.7 Å². The van der Waals surface area contributed by atoms with Crippen molar-refractivity contribution >= 4 is 23.2 Å². The molecule has 116 valence electrons. The van der Waals surface area contributed by atoms with Crippen LogP contribution in [0.3, 0.4) is 0 Å². The van der Waals surface area contributed by atoms with Crippen LogP contribution in [-0.2, 0) is 4.79 Å². The molecule has 1 fully saturated rings. The fraction of sp³-hybridized carbons (Fsp3) is 0.562. The Labute approximate surface area is 131 Å². The van der Waals surface area contributed by atoms with Crippen molar-refractivity contribution < 1.29 is 4.79 Å². The summed E-state index contributed by atoms with van der Waals surface area (Å²) in [4.78, 5) is 14.3. The second kappa shape index (κ2) is 7.25. The zero-order valence-corrected chi connectivity index (χ0v) is 13.5. The van der Waals surface area contributed by atoms with E-state index in [9.17, 15) is 4.79 Å².